The Kier molecular flexibility index (Phi) is 12.4. The molecule has 4 heterocycles. The lowest BCUT2D eigenvalue weighted by molar-refractivity contribution is 0.252. The average Bonchev–Trinajstić information content (AvgIpc) is 3.91. The Morgan fingerprint density at radius 2 is 1.04 bits per heavy atom. The molecule has 0 bridgehead atoms. The molecule has 0 saturated carbocycles. The lowest BCUT2D eigenvalue weighted by Gasteiger charge is -2.22. The molecular formula is C38H44N4O4S4. The molecule has 12 heteroatoms. The van der Waals surface area contributed by atoms with E-state index in [1.807, 2.05) is 49.0 Å². The van der Waals surface area contributed by atoms with E-state index in [0.29, 0.717) is 49.4 Å². The van der Waals surface area contributed by atoms with Gasteiger partial charge in [0.05, 0.1) is 43.2 Å². The number of nitrogens with one attached hydrogen (secondary N) is 1. The summed E-state index contributed by atoms with van der Waals surface area (Å²) in [6.45, 7) is 14.5. The Morgan fingerprint density at radius 1 is 0.620 bits per heavy atom. The van der Waals surface area contributed by atoms with Gasteiger partial charge in [0, 0.05) is 16.1 Å². The first-order valence-electron chi connectivity index (χ1n) is 16.8. The predicted molar refractivity (Wildman–Crippen MR) is 206 cm³/mol. The predicted octanol–water partition coefficient (Wildman–Crippen LogP) is 9.68. The Labute approximate surface area is 311 Å². The van der Waals surface area contributed by atoms with Crippen LogP contribution in [0.3, 0.4) is 0 Å². The Balaban J connectivity index is 1.12. The molecule has 50 heavy (non-hydrogen) atoms. The molecule has 3 aromatic heterocycles. The van der Waals surface area contributed by atoms with Gasteiger partial charge in [-0.15, -0.1) is 45.8 Å². The molecular weight excluding hydrogens is 705 g/mol. The van der Waals surface area contributed by atoms with Crippen molar-refractivity contribution in [2.45, 2.75) is 79.6 Å². The van der Waals surface area contributed by atoms with Crippen LogP contribution in [-0.4, -0.2) is 26.9 Å². The van der Waals surface area contributed by atoms with Crippen LogP contribution in [0, 0.1) is 32.6 Å². The van der Waals surface area contributed by atoms with Crippen molar-refractivity contribution in [1.82, 2.24) is 20.3 Å². The summed E-state index contributed by atoms with van der Waals surface area (Å²) in [5, 5.41) is 15.2. The number of aromatic nitrogens is 3. The van der Waals surface area contributed by atoms with Crippen molar-refractivity contribution < 1.29 is 18.9 Å². The standard InChI is InChI=1S/C38H44N4O4S4/c1-23(11-29-7-9-35(43-15-31-19-47-25(3)39-31)37(13-29)45-17-33-21-49-27(5)41-33)24(2)12-30-8-10-36(44-16-32-20-48-26(4)40-32)38(14-30)46-18-34-22-50-28(6)42-34/h7-10,13-14,19-24,27,41H,11-12,15-18H2,1-6H3/t23-,24+,27?/m0/s1. The first-order chi connectivity index (χ1) is 24.2. The van der Waals surface area contributed by atoms with Crippen LogP contribution in [0.1, 0.15) is 64.0 Å². The van der Waals surface area contributed by atoms with Crippen LogP contribution >= 0.6 is 45.8 Å². The van der Waals surface area contributed by atoms with Gasteiger partial charge in [0.2, 0.25) is 0 Å². The Hall–Kier alpha value is -3.58. The molecule has 3 atom stereocenters. The third kappa shape index (κ3) is 10.2. The molecule has 6 rings (SSSR count). The number of thioether (sulfide) groups is 1. The minimum Gasteiger partial charge on any atom is -0.483 e. The number of nitrogens with zero attached hydrogens (tertiary/aromatic N) is 3. The van der Waals surface area contributed by atoms with Crippen molar-refractivity contribution in [1.29, 1.82) is 0 Å². The van der Waals surface area contributed by atoms with E-state index in [-0.39, 0.29) is 0 Å². The molecule has 264 valence electrons. The zero-order valence-corrected chi connectivity index (χ0v) is 32.6. The molecule has 2 aromatic carbocycles. The van der Waals surface area contributed by atoms with Gasteiger partial charge in [-0.1, -0.05) is 26.0 Å². The summed E-state index contributed by atoms with van der Waals surface area (Å²) in [7, 11) is 0. The van der Waals surface area contributed by atoms with E-state index < -0.39 is 0 Å². The summed E-state index contributed by atoms with van der Waals surface area (Å²) in [6.07, 6.45) is 1.82. The van der Waals surface area contributed by atoms with Crippen LogP contribution in [0.2, 0.25) is 0 Å². The van der Waals surface area contributed by atoms with Crippen molar-refractivity contribution >= 4 is 45.8 Å². The van der Waals surface area contributed by atoms with E-state index in [4.69, 9.17) is 18.9 Å². The highest BCUT2D eigenvalue weighted by Gasteiger charge is 2.19. The van der Waals surface area contributed by atoms with Crippen LogP contribution in [0.25, 0.3) is 0 Å². The topological polar surface area (TPSA) is 87.6 Å². The van der Waals surface area contributed by atoms with Gasteiger partial charge in [0.1, 0.15) is 26.4 Å². The maximum atomic E-state index is 6.35. The van der Waals surface area contributed by atoms with Gasteiger partial charge in [0.15, 0.2) is 23.0 Å². The largest absolute Gasteiger partial charge is 0.483 e. The quantitative estimate of drug-likeness (QED) is 0.0999. The Morgan fingerprint density at radius 3 is 1.42 bits per heavy atom. The molecule has 0 aliphatic carbocycles. The molecule has 1 N–H and O–H groups in total. The minimum absolute atomic E-state index is 0.354. The molecule has 0 saturated heterocycles. The SMILES string of the molecule is Cc1nc(COc2ccc(C[C@H](C)[C@H](C)Cc3ccc(OCc4csc(C)n4)c(OCc4csc(C)n4)c3)cc2OCC2=CSC(C)N2)cs1. The van der Waals surface area contributed by atoms with Crippen LogP contribution in [0.5, 0.6) is 23.0 Å². The highest BCUT2D eigenvalue weighted by atomic mass is 32.2. The Bertz CT molecular complexity index is 1900. The van der Waals surface area contributed by atoms with Crippen LogP contribution in [-0.2, 0) is 32.7 Å². The summed E-state index contributed by atoms with van der Waals surface area (Å²) in [5.74, 6) is 3.74. The number of hydrogen-bond donors (Lipinski definition) is 1. The average molecular weight is 749 g/mol. The molecule has 1 unspecified atom stereocenters. The van der Waals surface area contributed by atoms with Gasteiger partial charge >= 0.3 is 0 Å². The van der Waals surface area contributed by atoms with Crippen molar-refractivity contribution in [3.63, 3.8) is 0 Å². The second-order valence-corrected chi connectivity index (χ2v) is 17.1. The summed E-state index contributed by atoms with van der Waals surface area (Å²) < 4.78 is 25.1. The van der Waals surface area contributed by atoms with Gasteiger partial charge in [-0.3, -0.25) is 0 Å². The monoisotopic (exact) mass is 748 g/mol. The van der Waals surface area contributed by atoms with Gasteiger partial charge in [-0.25, -0.2) is 15.0 Å². The van der Waals surface area contributed by atoms with Gasteiger partial charge in [-0.05, 0) is 93.2 Å². The number of benzene rings is 2. The molecule has 0 radical (unpaired) electrons. The number of rotatable bonds is 17. The van der Waals surface area contributed by atoms with Crippen molar-refractivity contribution in [3.05, 3.63) is 107 Å². The fraction of sp³-hybridized carbons (Fsp3) is 0.395. The minimum atomic E-state index is 0.354. The number of hydrogen-bond acceptors (Lipinski definition) is 12. The van der Waals surface area contributed by atoms with Crippen LogP contribution in [0.4, 0.5) is 0 Å². The van der Waals surface area contributed by atoms with E-state index in [0.717, 1.165) is 67.9 Å². The number of thiazole rings is 3. The zero-order valence-electron chi connectivity index (χ0n) is 29.4. The third-order valence-electron chi connectivity index (χ3n) is 8.42. The number of aryl methyl sites for hydroxylation is 3. The molecule has 0 spiro atoms. The highest BCUT2D eigenvalue weighted by Crippen LogP contribution is 2.34. The van der Waals surface area contributed by atoms with Crippen molar-refractivity contribution in [2.75, 3.05) is 6.61 Å². The molecule has 0 fully saturated rings. The second-order valence-electron chi connectivity index (χ2n) is 12.7. The summed E-state index contributed by atoms with van der Waals surface area (Å²) in [5.41, 5.74) is 6.27. The second kappa shape index (κ2) is 17.1. The maximum absolute atomic E-state index is 6.35. The third-order valence-corrected chi connectivity index (χ3v) is 11.8. The fourth-order valence-corrected chi connectivity index (χ4v) is 8.11. The zero-order chi connectivity index (χ0) is 35.0. The first-order valence-corrected chi connectivity index (χ1v) is 20.4. The van der Waals surface area contributed by atoms with E-state index in [1.54, 1.807) is 45.8 Å². The molecule has 0 amide bonds. The molecule has 8 nitrogen and oxygen atoms in total. The summed E-state index contributed by atoms with van der Waals surface area (Å²) in [4.78, 5) is 13.7. The molecule has 1 aliphatic rings. The maximum Gasteiger partial charge on any atom is 0.162 e. The van der Waals surface area contributed by atoms with Gasteiger partial charge in [-0.2, -0.15) is 0 Å². The fourth-order valence-electron chi connectivity index (χ4n) is 5.59. The van der Waals surface area contributed by atoms with Crippen LogP contribution < -0.4 is 24.3 Å². The smallest absolute Gasteiger partial charge is 0.162 e. The summed E-state index contributed by atoms with van der Waals surface area (Å²) in [6, 6.07) is 12.6. The molecule has 5 aromatic rings. The lowest BCUT2D eigenvalue weighted by atomic mass is 9.85. The van der Waals surface area contributed by atoms with Gasteiger partial charge < -0.3 is 24.3 Å². The normalized spacial score (nSPS) is 15.3. The van der Waals surface area contributed by atoms with Gasteiger partial charge in [0.25, 0.3) is 0 Å². The van der Waals surface area contributed by atoms with E-state index in [1.165, 1.54) is 11.1 Å². The summed E-state index contributed by atoms with van der Waals surface area (Å²) >= 11 is 6.65. The highest BCUT2D eigenvalue weighted by molar-refractivity contribution is 8.02. The van der Waals surface area contributed by atoms with E-state index >= 15 is 0 Å². The van der Waals surface area contributed by atoms with E-state index in [9.17, 15) is 0 Å². The molecule has 1 aliphatic heterocycles. The first kappa shape index (κ1) is 36.2. The van der Waals surface area contributed by atoms with Crippen molar-refractivity contribution in [2.24, 2.45) is 11.8 Å². The van der Waals surface area contributed by atoms with Crippen LogP contribution in [0.15, 0.2) is 63.6 Å². The van der Waals surface area contributed by atoms with Crippen molar-refractivity contribution in [3.8, 4) is 23.0 Å². The number of ether oxygens (including phenoxy) is 4. The van der Waals surface area contributed by atoms with E-state index in [2.05, 4.69) is 70.7 Å². The lowest BCUT2D eigenvalue weighted by Crippen LogP contribution is -2.20.